The van der Waals surface area contributed by atoms with Gasteiger partial charge in [-0.3, -0.25) is 4.79 Å². The van der Waals surface area contributed by atoms with Gasteiger partial charge in [-0.05, 0) is 20.0 Å². The summed E-state index contributed by atoms with van der Waals surface area (Å²) in [5.41, 5.74) is -0.305. The number of rotatable bonds is 2. The molecule has 1 N–H and O–H groups in total. The van der Waals surface area contributed by atoms with Gasteiger partial charge in [0.15, 0.2) is 0 Å². The van der Waals surface area contributed by atoms with Crippen LogP contribution >= 0.6 is 0 Å². The van der Waals surface area contributed by atoms with Crippen LogP contribution < -0.4 is 5.56 Å². The Hall–Kier alpha value is -1.18. The highest BCUT2D eigenvalue weighted by atomic mass is 32.2. The van der Waals surface area contributed by atoms with Crippen LogP contribution in [0.3, 0.4) is 0 Å². The molecule has 1 aliphatic heterocycles. The molecule has 0 bridgehead atoms. The molecule has 0 amide bonds. The van der Waals surface area contributed by atoms with Gasteiger partial charge in [-0.2, -0.15) is 4.31 Å². The van der Waals surface area contributed by atoms with E-state index >= 15 is 0 Å². The van der Waals surface area contributed by atoms with Crippen molar-refractivity contribution in [3.63, 3.8) is 0 Å². The first-order valence-electron chi connectivity index (χ1n) is 5.80. The number of pyridine rings is 1. The number of hydrogen-bond donors (Lipinski definition) is 1. The highest BCUT2D eigenvalue weighted by Gasteiger charge is 2.32. The van der Waals surface area contributed by atoms with E-state index in [2.05, 4.69) is 9.88 Å². The molecule has 100 valence electrons. The molecule has 0 spiro atoms. The Balaban J connectivity index is 2.31. The van der Waals surface area contributed by atoms with Crippen LogP contribution in [-0.4, -0.2) is 55.3 Å². The molecule has 1 atom stereocenters. The molecule has 1 aliphatic rings. The van der Waals surface area contributed by atoms with Gasteiger partial charge in [0.05, 0.1) is 4.90 Å². The Morgan fingerprint density at radius 3 is 2.61 bits per heavy atom. The summed E-state index contributed by atoms with van der Waals surface area (Å²) in [5.74, 6) is 0. The zero-order chi connectivity index (χ0) is 13.3. The summed E-state index contributed by atoms with van der Waals surface area (Å²) in [6.45, 7) is 3.79. The van der Waals surface area contributed by atoms with Crippen molar-refractivity contribution in [1.29, 1.82) is 0 Å². The molecule has 6 nitrogen and oxygen atoms in total. The van der Waals surface area contributed by atoms with Crippen molar-refractivity contribution in [3.05, 3.63) is 28.7 Å². The third-order valence-corrected chi connectivity index (χ3v) is 5.14. The standard InChI is InChI=1S/C11H17N3O3S/c1-9-8-13(2)5-6-14(9)18(16,17)10-3-4-11(15)12-7-10/h3-4,7,9H,5-6,8H2,1-2H3,(H,12,15). The molecule has 7 heteroatoms. The van der Waals surface area contributed by atoms with Gasteiger partial charge in [0.1, 0.15) is 0 Å². The molecule has 2 heterocycles. The van der Waals surface area contributed by atoms with Crippen LogP contribution in [0.1, 0.15) is 6.92 Å². The van der Waals surface area contributed by atoms with Gasteiger partial charge in [-0.1, -0.05) is 0 Å². The second-order valence-corrected chi connectivity index (χ2v) is 6.51. The molecule has 0 aromatic carbocycles. The molecule has 1 aromatic rings. The lowest BCUT2D eigenvalue weighted by atomic mass is 10.2. The van der Waals surface area contributed by atoms with Crippen LogP contribution in [0, 0.1) is 0 Å². The first-order valence-corrected chi connectivity index (χ1v) is 7.24. The summed E-state index contributed by atoms with van der Waals surface area (Å²) in [5, 5.41) is 0. The monoisotopic (exact) mass is 271 g/mol. The average molecular weight is 271 g/mol. The predicted molar refractivity (Wildman–Crippen MR) is 67.9 cm³/mol. The molecule has 0 radical (unpaired) electrons. The Kier molecular flexibility index (Phi) is 3.56. The summed E-state index contributed by atoms with van der Waals surface area (Å²) in [7, 11) is -1.54. The first-order chi connectivity index (χ1) is 8.41. The molecule has 18 heavy (non-hydrogen) atoms. The second-order valence-electron chi connectivity index (χ2n) is 4.62. The number of H-pyrrole nitrogens is 1. The Morgan fingerprint density at radius 2 is 2.06 bits per heavy atom. The minimum atomic E-state index is -3.51. The van der Waals surface area contributed by atoms with Crippen molar-refractivity contribution in [2.45, 2.75) is 17.9 Å². The van der Waals surface area contributed by atoms with Crippen LogP contribution in [0.15, 0.2) is 28.0 Å². The third-order valence-electron chi connectivity index (χ3n) is 3.13. The summed E-state index contributed by atoms with van der Waals surface area (Å²) in [6, 6.07) is 2.51. The lowest BCUT2D eigenvalue weighted by molar-refractivity contribution is 0.170. The molecule has 0 aliphatic carbocycles. The number of piperazine rings is 1. The smallest absolute Gasteiger partial charge is 0.247 e. The van der Waals surface area contributed by atoms with Gasteiger partial charge in [0.25, 0.3) is 0 Å². The van der Waals surface area contributed by atoms with Gasteiger partial charge < -0.3 is 9.88 Å². The highest BCUT2D eigenvalue weighted by Crippen LogP contribution is 2.19. The molecule has 1 fully saturated rings. The molecular weight excluding hydrogens is 254 g/mol. The SMILES string of the molecule is CC1CN(C)CCN1S(=O)(=O)c1ccc(=O)[nH]c1. The number of nitrogens with zero attached hydrogens (tertiary/aromatic N) is 2. The normalized spacial score (nSPS) is 23.1. The highest BCUT2D eigenvalue weighted by molar-refractivity contribution is 7.89. The van der Waals surface area contributed by atoms with Crippen LogP contribution in [0.25, 0.3) is 0 Å². The van der Waals surface area contributed by atoms with E-state index in [0.29, 0.717) is 19.6 Å². The summed E-state index contributed by atoms with van der Waals surface area (Å²) < 4.78 is 26.3. The summed E-state index contributed by atoms with van der Waals surface area (Å²) in [4.78, 5) is 15.6. The number of hydrogen-bond acceptors (Lipinski definition) is 4. The zero-order valence-corrected chi connectivity index (χ0v) is 11.3. The minimum Gasteiger partial charge on any atom is -0.328 e. The van der Waals surface area contributed by atoms with Gasteiger partial charge in [0.2, 0.25) is 15.6 Å². The number of aromatic amines is 1. The van der Waals surface area contributed by atoms with E-state index < -0.39 is 10.0 Å². The molecular formula is C11H17N3O3S. The lowest BCUT2D eigenvalue weighted by Crippen LogP contribution is -2.52. The largest absolute Gasteiger partial charge is 0.328 e. The summed E-state index contributed by atoms with van der Waals surface area (Å²) >= 11 is 0. The van der Waals surface area contributed by atoms with Crippen molar-refractivity contribution in [1.82, 2.24) is 14.2 Å². The fourth-order valence-electron chi connectivity index (χ4n) is 2.17. The van der Waals surface area contributed by atoms with Crippen LogP contribution in [0.5, 0.6) is 0 Å². The number of nitrogens with one attached hydrogen (secondary N) is 1. The van der Waals surface area contributed by atoms with Gasteiger partial charge in [0, 0.05) is 37.9 Å². The van der Waals surface area contributed by atoms with Gasteiger partial charge in [-0.15, -0.1) is 0 Å². The Labute approximate surface area is 106 Å². The predicted octanol–water partition coefficient (Wildman–Crippen LogP) is -0.300. The number of aromatic nitrogens is 1. The van der Waals surface area contributed by atoms with Crippen LogP contribution in [0.2, 0.25) is 0 Å². The number of likely N-dealkylation sites (N-methyl/N-ethyl adjacent to an activating group) is 1. The van der Waals surface area contributed by atoms with E-state index in [1.165, 1.54) is 22.6 Å². The van der Waals surface area contributed by atoms with Crippen molar-refractivity contribution in [2.24, 2.45) is 0 Å². The maximum atomic E-state index is 12.4. The fraction of sp³-hybridized carbons (Fsp3) is 0.545. The molecule has 0 saturated carbocycles. The zero-order valence-electron chi connectivity index (χ0n) is 10.5. The topological polar surface area (TPSA) is 73.5 Å². The third kappa shape index (κ3) is 2.47. The minimum absolute atomic E-state index is 0.0688. The van der Waals surface area contributed by atoms with E-state index in [-0.39, 0.29) is 16.5 Å². The van der Waals surface area contributed by atoms with Crippen molar-refractivity contribution in [3.8, 4) is 0 Å². The van der Waals surface area contributed by atoms with Crippen molar-refractivity contribution >= 4 is 10.0 Å². The molecule has 1 unspecified atom stereocenters. The fourth-order valence-corrected chi connectivity index (χ4v) is 3.75. The maximum absolute atomic E-state index is 12.4. The molecule has 1 saturated heterocycles. The van der Waals surface area contributed by atoms with Gasteiger partial charge >= 0.3 is 0 Å². The van der Waals surface area contributed by atoms with E-state index in [0.717, 1.165) is 0 Å². The number of sulfonamides is 1. The first kappa shape index (κ1) is 13.3. The van der Waals surface area contributed by atoms with Crippen molar-refractivity contribution < 1.29 is 8.42 Å². The maximum Gasteiger partial charge on any atom is 0.247 e. The summed E-state index contributed by atoms with van der Waals surface area (Å²) in [6.07, 6.45) is 1.25. The Morgan fingerprint density at radius 1 is 1.33 bits per heavy atom. The molecule has 1 aromatic heterocycles. The lowest BCUT2D eigenvalue weighted by Gasteiger charge is -2.37. The van der Waals surface area contributed by atoms with E-state index in [1.807, 2.05) is 14.0 Å². The van der Waals surface area contributed by atoms with E-state index in [1.54, 1.807) is 0 Å². The Bertz CT molecular complexity index is 561. The average Bonchev–Trinajstić information content (AvgIpc) is 2.29. The van der Waals surface area contributed by atoms with Crippen LogP contribution in [-0.2, 0) is 10.0 Å². The molecule has 2 rings (SSSR count). The van der Waals surface area contributed by atoms with Crippen molar-refractivity contribution in [2.75, 3.05) is 26.7 Å². The second kappa shape index (κ2) is 4.83. The van der Waals surface area contributed by atoms with E-state index in [4.69, 9.17) is 0 Å². The van der Waals surface area contributed by atoms with Crippen LogP contribution in [0.4, 0.5) is 0 Å². The van der Waals surface area contributed by atoms with E-state index in [9.17, 15) is 13.2 Å². The quantitative estimate of drug-likeness (QED) is 0.801. The van der Waals surface area contributed by atoms with Gasteiger partial charge in [-0.25, -0.2) is 8.42 Å².